The number of anilines is 1. The Morgan fingerprint density at radius 3 is 2.48 bits per heavy atom. The fourth-order valence-electron chi connectivity index (χ4n) is 3.69. The summed E-state index contributed by atoms with van der Waals surface area (Å²) in [5, 5.41) is 8.41. The molecule has 0 bridgehead atoms. The molecule has 1 aliphatic heterocycles. The first-order valence-corrected chi connectivity index (χ1v) is 10.7. The molecule has 1 saturated heterocycles. The summed E-state index contributed by atoms with van der Waals surface area (Å²) in [6.45, 7) is 6.06. The average Bonchev–Trinajstić information content (AvgIpc) is 3.20. The van der Waals surface area contributed by atoms with Crippen LogP contribution in [0, 0.1) is 18.6 Å². The molecule has 1 fully saturated rings. The number of hydrogen-bond donors (Lipinski definition) is 1. The molecule has 31 heavy (non-hydrogen) atoms. The zero-order chi connectivity index (χ0) is 21.8. The van der Waals surface area contributed by atoms with Gasteiger partial charge >= 0.3 is 0 Å². The van der Waals surface area contributed by atoms with E-state index in [9.17, 15) is 8.78 Å². The van der Waals surface area contributed by atoms with Crippen molar-refractivity contribution in [3.63, 3.8) is 0 Å². The zero-order valence-corrected chi connectivity index (χ0v) is 18.2. The predicted molar refractivity (Wildman–Crippen MR) is 122 cm³/mol. The summed E-state index contributed by atoms with van der Waals surface area (Å²) in [6.07, 6.45) is 1.93. The van der Waals surface area contributed by atoms with Crippen molar-refractivity contribution in [2.45, 2.75) is 20.0 Å². The minimum Gasteiger partial charge on any atom is -0.346 e. The van der Waals surface area contributed by atoms with E-state index in [1.807, 2.05) is 29.1 Å². The number of thiocarbonyl (C=S) groups is 1. The van der Waals surface area contributed by atoms with Gasteiger partial charge in [0.05, 0.1) is 6.54 Å². The normalized spacial score (nSPS) is 14.6. The minimum atomic E-state index is -0.802. The second-order valence-corrected chi connectivity index (χ2v) is 8.12. The average molecular weight is 442 g/mol. The van der Waals surface area contributed by atoms with Gasteiger partial charge in [0, 0.05) is 50.6 Å². The summed E-state index contributed by atoms with van der Waals surface area (Å²) in [5.74, 6) is -0.852. The number of rotatable bonds is 5. The van der Waals surface area contributed by atoms with Crippen molar-refractivity contribution >= 4 is 23.1 Å². The third-order valence-corrected chi connectivity index (χ3v) is 5.91. The van der Waals surface area contributed by atoms with Crippen molar-refractivity contribution in [2.24, 2.45) is 0 Å². The summed E-state index contributed by atoms with van der Waals surface area (Å²) in [5.41, 5.74) is 2.85. The third kappa shape index (κ3) is 5.26. The van der Waals surface area contributed by atoms with Crippen LogP contribution < -0.4 is 5.32 Å². The van der Waals surface area contributed by atoms with E-state index in [1.165, 1.54) is 11.1 Å². The summed E-state index contributed by atoms with van der Waals surface area (Å²) in [4.78, 5) is 4.18. The van der Waals surface area contributed by atoms with Crippen molar-refractivity contribution in [1.29, 1.82) is 0 Å². The lowest BCUT2D eigenvalue weighted by Crippen LogP contribution is -2.49. The van der Waals surface area contributed by atoms with Gasteiger partial charge < -0.3 is 10.2 Å². The summed E-state index contributed by atoms with van der Waals surface area (Å²) >= 11 is 5.56. The van der Waals surface area contributed by atoms with Gasteiger partial charge in [0.1, 0.15) is 0 Å². The van der Waals surface area contributed by atoms with Crippen molar-refractivity contribution < 1.29 is 8.78 Å². The van der Waals surface area contributed by atoms with Gasteiger partial charge in [-0.2, -0.15) is 5.10 Å². The Hall–Kier alpha value is -2.84. The van der Waals surface area contributed by atoms with Crippen molar-refractivity contribution in [3.05, 3.63) is 83.1 Å². The molecule has 0 aliphatic carbocycles. The fourth-order valence-corrected chi connectivity index (χ4v) is 3.97. The summed E-state index contributed by atoms with van der Waals surface area (Å²) in [7, 11) is 0. The van der Waals surface area contributed by atoms with Gasteiger partial charge in [-0.15, -0.1) is 0 Å². The third-order valence-electron chi connectivity index (χ3n) is 5.55. The van der Waals surface area contributed by atoms with E-state index in [-0.39, 0.29) is 0 Å². The molecule has 1 N–H and O–H groups in total. The molecule has 0 amide bonds. The molecule has 0 unspecified atom stereocenters. The number of halogens is 2. The standard InChI is InChI=1S/C23H25F2N5S/c1-17-5-2-3-6-18(17)16-30-10-9-21(27-30)26-23(31)29-13-11-28(12-14-29)15-19-7-4-8-20(24)22(19)25/h2-10H,11-16H2,1H3,(H,26,27,31). The van der Waals surface area contributed by atoms with Crippen LogP contribution in [0.1, 0.15) is 16.7 Å². The number of aromatic nitrogens is 2. The van der Waals surface area contributed by atoms with Crippen LogP contribution in [0.2, 0.25) is 0 Å². The van der Waals surface area contributed by atoms with E-state index in [2.05, 4.69) is 39.3 Å². The summed E-state index contributed by atoms with van der Waals surface area (Å²) in [6, 6.07) is 14.5. The second kappa shape index (κ2) is 9.53. The molecular formula is C23H25F2N5S. The molecule has 4 rings (SSSR count). The molecule has 3 aromatic rings. The van der Waals surface area contributed by atoms with E-state index >= 15 is 0 Å². The summed E-state index contributed by atoms with van der Waals surface area (Å²) < 4.78 is 29.2. The number of nitrogens with zero attached hydrogens (tertiary/aromatic N) is 4. The van der Waals surface area contributed by atoms with E-state index in [0.717, 1.165) is 19.2 Å². The van der Waals surface area contributed by atoms with Crippen LogP contribution in [-0.4, -0.2) is 50.9 Å². The van der Waals surface area contributed by atoms with Gasteiger partial charge in [-0.05, 0) is 36.3 Å². The maximum atomic E-state index is 13.9. The van der Waals surface area contributed by atoms with Crippen molar-refractivity contribution in [3.8, 4) is 0 Å². The van der Waals surface area contributed by atoms with Crippen LogP contribution in [-0.2, 0) is 13.1 Å². The molecule has 1 aromatic heterocycles. The van der Waals surface area contributed by atoms with Gasteiger partial charge in [-0.25, -0.2) is 8.78 Å². The number of nitrogens with one attached hydrogen (secondary N) is 1. The molecule has 0 atom stereocenters. The highest BCUT2D eigenvalue weighted by Crippen LogP contribution is 2.16. The Morgan fingerprint density at radius 1 is 0.968 bits per heavy atom. The maximum absolute atomic E-state index is 13.9. The quantitative estimate of drug-likeness (QED) is 0.605. The Bertz CT molecular complexity index is 1060. The number of benzene rings is 2. The highest BCUT2D eigenvalue weighted by atomic mass is 32.1. The van der Waals surface area contributed by atoms with Crippen LogP contribution in [0.3, 0.4) is 0 Å². The van der Waals surface area contributed by atoms with E-state index < -0.39 is 11.6 Å². The van der Waals surface area contributed by atoms with Crippen LogP contribution in [0.5, 0.6) is 0 Å². The van der Waals surface area contributed by atoms with E-state index in [4.69, 9.17) is 12.2 Å². The molecule has 8 heteroatoms. The Kier molecular flexibility index (Phi) is 6.58. The molecule has 0 radical (unpaired) electrons. The Labute approximate surface area is 186 Å². The first-order chi connectivity index (χ1) is 15.0. The Morgan fingerprint density at radius 2 is 1.71 bits per heavy atom. The molecule has 2 heterocycles. The zero-order valence-electron chi connectivity index (χ0n) is 17.4. The maximum Gasteiger partial charge on any atom is 0.174 e. The molecular weight excluding hydrogens is 416 g/mol. The molecule has 0 saturated carbocycles. The number of hydrogen-bond acceptors (Lipinski definition) is 3. The first kappa shape index (κ1) is 21.4. The lowest BCUT2D eigenvalue weighted by molar-refractivity contribution is 0.175. The fraction of sp³-hybridized carbons (Fsp3) is 0.304. The van der Waals surface area contributed by atoms with Gasteiger partial charge in [-0.3, -0.25) is 9.58 Å². The van der Waals surface area contributed by atoms with Crippen LogP contribution in [0.4, 0.5) is 14.6 Å². The predicted octanol–water partition coefficient (Wildman–Crippen LogP) is 4.03. The number of aryl methyl sites for hydroxylation is 1. The van der Waals surface area contributed by atoms with Gasteiger partial charge in [0.25, 0.3) is 0 Å². The number of piperazine rings is 1. The largest absolute Gasteiger partial charge is 0.346 e. The van der Waals surface area contributed by atoms with Crippen molar-refractivity contribution in [1.82, 2.24) is 19.6 Å². The van der Waals surface area contributed by atoms with E-state index in [0.29, 0.717) is 42.7 Å². The first-order valence-electron chi connectivity index (χ1n) is 10.3. The van der Waals surface area contributed by atoms with Crippen LogP contribution >= 0.6 is 12.2 Å². The Balaban J connectivity index is 1.28. The van der Waals surface area contributed by atoms with Gasteiger partial charge in [0.2, 0.25) is 0 Å². The smallest absolute Gasteiger partial charge is 0.174 e. The monoisotopic (exact) mass is 441 g/mol. The topological polar surface area (TPSA) is 36.3 Å². The molecule has 162 valence electrons. The molecule has 0 spiro atoms. The van der Waals surface area contributed by atoms with Gasteiger partial charge in [-0.1, -0.05) is 36.4 Å². The van der Waals surface area contributed by atoms with Crippen LogP contribution in [0.15, 0.2) is 54.7 Å². The minimum absolute atomic E-state index is 0.383. The molecule has 2 aromatic carbocycles. The lowest BCUT2D eigenvalue weighted by atomic mass is 10.1. The molecule has 1 aliphatic rings. The molecule has 5 nitrogen and oxygen atoms in total. The lowest BCUT2D eigenvalue weighted by Gasteiger charge is -2.36. The van der Waals surface area contributed by atoms with E-state index in [1.54, 1.807) is 12.1 Å². The highest BCUT2D eigenvalue weighted by molar-refractivity contribution is 7.80. The van der Waals surface area contributed by atoms with Crippen molar-refractivity contribution in [2.75, 3.05) is 31.5 Å². The van der Waals surface area contributed by atoms with Crippen LogP contribution in [0.25, 0.3) is 0 Å². The highest BCUT2D eigenvalue weighted by Gasteiger charge is 2.21. The SMILES string of the molecule is Cc1ccccc1Cn1ccc(NC(=S)N2CCN(Cc3cccc(F)c3F)CC2)n1. The second-order valence-electron chi connectivity index (χ2n) is 7.73. The van der Waals surface area contributed by atoms with Gasteiger partial charge in [0.15, 0.2) is 22.6 Å².